The molecule has 0 radical (unpaired) electrons. The number of halogens is 1. The summed E-state index contributed by atoms with van der Waals surface area (Å²) in [7, 11) is 1.50. The van der Waals surface area contributed by atoms with Crippen molar-refractivity contribution in [3.63, 3.8) is 0 Å². The lowest BCUT2D eigenvalue weighted by Gasteiger charge is -2.34. The van der Waals surface area contributed by atoms with E-state index in [4.69, 9.17) is 14.2 Å². The van der Waals surface area contributed by atoms with Crippen LogP contribution in [0.4, 0.5) is 0 Å². The first kappa shape index (κ1) is 23.7. The molecule has 2 amide bonds. The molecule has 1 atom stereocenters. The molecule has 1 aliphatic heterocycles. The molecule has 0 saturated carbocycles. The van der Waals surface area contributed by atoms with Gasteiger partial charge in [0.15, 0.2) is 6.61 Å². The maximum Gasteiger partial charge on any atom is 0.308 e. The zero-order valence-corrected chi connectivity index (χ0v) is 19.3. The second kappa shape index (κ2) is 11.6. The zero-order valence-electron chi connectivity index (χ0n) is 17.7. The van der Waals surface area contributed by atoms with E-state index in [1.165, 1.54) is 12.0 Å². The van der Waals surface area contributed by atoms with Crippen LogP contribution < -0.4 is 10.1 Å². The minimum Gasteiger partial charge on any atom is -0.483 e. The summed E-state index contributed by atoms with van der Waals surface area (Å²) in [6.45, 7) is 0.698. The van der Waals surface area contributed by atoms with Crippen molar-refractivity contribution in [2.24, 2.45) is 0 Å². The number of methoxy groups -OCH3 is 1. The van der Waals surface area contributed by atoms with Crippen LogP contribution in [0.25, 0.3) is 11.1 Å². The number of amides is 2. The van der Waals surface area contributed by atoms with Crippen LogP contribution in [0.3, 0.4) is 0 Å². The molecule has 0 spiro atoms. The predicted octanol–water partition coefficient (Wildman–Crippen LogP) is 2.40. The van der Waals surface area contributed by atoms with Gasteiger partial charge in [0.05, 0.1) is 17.5 Å². The van der Waals surface area contributed by atoms with Crippen LogP contribution >= 0.6 is 15.9 Å². The molecular weight excluding hydrogens is 480 g/mol. The number of carbonyl (C=O) groups excluding carboxylic acids is 3. The van der Waals surface area contributed by atoms with Gasteiger partial charge in [-0.25, -0.2) is 0 Å². The van der Waals surface area contributed by atoms with Crippen LogP contribution in [-0.2, 0) is 23.9 Å². The predicted molar refractivity (Wildman–Crippen MR) is 121 cm³/mol. The van der Waals surface area contributed by atoms with Crippen molar-refractivity contribution in [3.8, 4) is 16.9 Å². The van der Waals surface area contributed by atoms with E-state index in [9.17, 15) is 14.4 Å². The fourth-order valence-electron chi connectivity index (χ4n) is 3.32. The molecule has 0 aliphatic carbocycles. The Morgan fingerprint density at radius 3 is 2.62 bits per heavy atom. The molecule has 2 aromatic rings. The quantitative estimate of drug-likeness (QED) is 0.416. The van der Waals surface area contributed by atoms with Gasteiger partial charge >= 0.3 is 5.97 Å². The lowest BCUT2D eigenvalue weighted by atomic mass is 10.1. The molecule has 3 rings (SSSR count). The van der Waals surface area contributed by atoms with Crippen molar-refractivity contribution in [1.82, 2.24) is 10.2 Å². The molecule has 1 saturated heterocycles. The maximum atomic E-state index is 12.8. The first-order chi connectivity index (χ1) is 15.5. The van der Waals surface area contributed by atoms with E-state index < -0.39 is 12.0 Å². The van der Waals surface area contributed by atoms with Gasteiger partial charge in [-0.1, -0.05) is 36.4 Å². The number of esters is 1. The third-order valence-corrected chi connectivity index (χ3v) is 5.57. The number of hydrogen-bond donors (Lipinski definition) is 1. The van der Waals surface area contributed by atoms with Crippen molar-refractivity contribution >= 4 is 33.7 Å². The number of rotatable bonds is 9. The summed E-state index contributed by atoms with van der Waals surface area (Å²) in [4.78, 5) is 38.5. The highest BCUT2D eigenvalue weighted by atomic mass is 79.9. The van der Waals surface area contributed by atoms with Crippen LogP contribution in [0.2, 0.25) is 0 Å². The molecular formula is C23H25BrN2O6. The van der Waals surface area contributed by atoms with E-state index in [2.05, 4.69) is 21.2 Å². The minimum atomic E-state index is -0.932. The van der Waals surface area contributed by atoms with Gasteiger partial charge in [-0.05, 0) is 39.2 Å². The highest BCUT2D eigenvalue weighted by Gasteiger charge is 2.35. The molecule has 9 heteroatoms. The van der Waals surface area contributed by atoms with Crippen molar-refractivity contribution in [1.29, 1.82) is 0 Å². The number of hydrogen-bond acceptors (Lipinski definition) is 6. The number of nitrogens with zero attached hydrogens (tertiary/aromatic N) is 1. The van der Waals surface area contributed by atoms with Crippen molar-refractivity contribution in [3.05, 3.63) is 53.0 Å². The van der Waals surface area contributed by atoms with E-state index in [-0.39, 0.29) is 44.6 Å². The summed E-state index contributed by atoms with van der Waals surface area (Å²) in [6.07, 6.45) is -0.225. The SMILES string of the molecule is COCCOC(=O)CC1C(=O)NCCN1C(=O)COc1ccc(-c2ccccc2)cc1Br. The molecule has 32 heavy (non-hydrogen) atoms. The second-order valence-electron chi connectivity index (χ2n) is 7.11. The number of benzene rings is 2. The van der Waals surface area contributed by atoms with Crippen LogP contribution in [-0.4, -0.2) is 68.7 Å². The van der Waals surface area contributed by atoms with Gasteiger partial charge in [0, 0.05) is 20.2 Å². The topological polar surface area (TPSA) is 94.2 Å². The highest BCUT2D eigenvalue weighted by Crippen LogP contribution is 2.30. The van der Waals surface area contributed by atoms with Gasteiger partial charge in [-0.2, -0.15) is 0 Å². The van der Waals surface area contributed by atoms with Gasteiger partial charge in [-0.3, -0.25) is 14.4 Å². The van der Waals surface area contributed by atoms with Gasteiger partial charge in [-0.15, -0.1) is 0 Å². The Labute approximate surface area is 194 Å². The molecule has 1 aliphatic rings. The number of nitrogens with one attached hydrogen (secondary N) is 1. The Bertz CT molecular complexity index is 953. The van der Waals surface area contributed by atoms with Crippen LogP contribution in [0.5, 0.6) is 5.75 Å². The Balaban J connectivity index is 1.61. The first-order valence-corrected chi connectivity index (χ1v) is 11.0. The van der Waals surface area contributed by atoms with E-state index in [0.29, 0.717) is 16.8 Å². The molecule has 0 aromatic heterocycles. The lowest BCUT2D eigenvalue weighted by Crippen LogP contribution is -2.58. The molecule has 1 unspecified atom stereocenters. The van der Waals surface area contributed by atoms with E-state index >= 15 is 0 Å². The van der Waals surface area contributed by atoms with Crippen molar-refractivity contribution in [2.45, 2.75) is 12.5 Å². The van der Waals surface area contributed by atoms with E-state index in [1.54, 1.807) is 6.07 Å². The fraction of sp³-hybridized carbons (Fsp3) is 0.348. The van der Waals surface area contributed by atoms with Crippen molar-refractivity contribution < 1.29 is 28.6 Å². The Morgan fingerprint density at radius 2 is 1.91 bits per heavy atom. The average Bonchev–Trinajstić information content (AvgIpc) is 2.80. The first-order valence-electron chi connectivity index (χ1n) is 10.2. The Morgan fingerprint density at radius 1 is 1.12 bits per heavy atom. The molecule has 0 bridgehead atoms. The molecule has 8 nitrogen and oxygen atoms in total. The number of piperazine rings is 1. The van der Waals surface area contributed by atoms with Crippen molar-refractivity contribution in [2.75, 3.05) is 40.0 Å². The van der Waals surface area contributed by atoms with E-state index in [1.807, 2.05) is 42.5 Å². The minimum absolute atomic E-state index is 0.0910. The monoisotopic (exact) mass is 504 g/mol. The lowest BCUT2D eigenvalue weighted by molar-refractivity contribution is -0.153. The summed E-state index contributed by atoms with van der Waals surface area (Å²) in [5.74, 6) is -0.827. The summed E-state index contributed by atoms with van der Waals surface area (Å²) in [5.41, 5.74) is 2.08. The molecule has 1 heterocycles. The molecule has 2 aromatic carbocycles. The Kier molecular flexibility index (Phi) is 8.64. The summed E-state index contributed by atoms with van der Waals surface area (Å²) in [5, 5.41) is 2.68. The van der Waals surface area contributed by atoms with Crippen LogP contribution in [0.15, 0.2) is 53.0 Å². The standard InChI is InChI=1S/C23H25BrN2O6/c1-30-11-12-31-22(28)14-19-23(29)25-9-10-26(19)21(27)15-32-20-8-7-17(13-18(20)24)16-5-3-2-4-6-16/h2-8,13,19H,9-12,14-15H2,1H3,(H,25,29). The van der Waals surface area contributed by atoms with Crippen LogP contribution in [0.1, 0.15) is 6.42 Å². The fourth-order valence-corrected chi connectivity index (χ4v) is 3.82. The van der Waals surface area contributed by atoms with Gasteiger partial charge in [0.1, 0.15) is 18.4 Å². The Hall–Kier alpha value is -2.91. The third kappa shape index (κ3) is 6.30. The second-order valence-corrected chi connectivity index (χ2v) is 7.97. The zero-order chi connectivity index (χ0) is 22.9. The third-order valence-electron chi connectivity index (χ3n) is 4.95. The summed E-state index contributed by atoms with van der Waals surface area (Å²) >= 11 is 3.49. The molecule has 170 valence electrons. The summed E-state index contributed by atoms with van der Waals surface area (Å²) in [6, 6.07) is 14.6. The molecule has 1 fully saturated rings. The molecule has 1 N–H and O–H groups in total. The smallest absolute Gasteiger partial charge is 0.308 e. The highest BCUT2D eigenvalue weighted by molar-refractivity contribution is 9.10. The normalized spacial score (nSPS) is 15.8. The van der Waals surface area contributed by atoms with Gasteiger partial charge in [0.25, 0.3) is 5.91 Å². The largest absolute Gasteiger partial charge is 0.483 e. The van der Waals surface area contributed by atoms with Crippen LogP contribution in [0, 0.1) is 0 Å². The average molecular weight is 505 g/mol. The van der Waals surface area contributed by atoms with Gasteiger partial charge < -0.3 is 24.4 Å². The van der Waals surface area contributed by atoms with Gasteiger partial charge in [0.2, 0.25) is 5.91 Å². The number of ether oxygens (including phenoxy) is 3. The maximum absolute atomic E-state index is 12.8. The number of carbonyl (C=O) groups is 3. The summed E-state index contributed by atoms with van der Waals surface area (Å²) < 4.78 is 16.3. The van der Waals surface area contributed by atoms with E-state index in [0.717, 1.165) is 11.1 Å².